The van der Waals surface area contributed by atoms with Crippen LogP contribution in [0.5, 0.6) is 0 Å². The van der Waals surface area contributed by atoms with Crippen LogP contribution in [0.4, 0.5) is 4.39 Å². The van der Waals surface area contributed by atoms with Gasteiger partial charge in [0.1, 0.15) is 5.82 Å². The summed E-state index contributed by atoms with van der Waals surface area (Å²) in [4.78, 5) is 0. The lowest BCUT2D eigenvalue weighted by Gasteiger charge is -2.30. The molecule has 0 saturated carbocycles. The van der Waals surface area contributed by atoms with Gasteiger partial charge in [0.25, 0.3) is 0 Å². The van der Waals surface area contributed by atoms with E-state index in [2.05, 4.69) is 5.32 Å². The summed E-state index contributed by atoms with van der Waals surface area (Å²) in [7, 11) is 0. The fourth-order valence-corrected chi connectivity index (χ4v) is 1.87. The van der Waals surface area contributed by atoms with Crippen molar-refractivity contribution in [2.45, 2.75) is 19.1 Å². The van der Waals surface area contributed by atoms with Gasteiger partial charge < -0.3 is 10.1 Å². The van der Waals surface area contributed by atoms with Crippen LogP contribution in [0.1, 0.15) is 18.6 Å². The van der Waals surface area contributed by atoms with Crippen LogP contribution in [0.25, 0.3) is 0 Å². The first-order valence-corrected chi connectivity index (χ1v) is 5.35. The maximum atomic E-state index is 12.8. The molecule has 82 valence electrons. The highest BCUT2D eigenvalue weighted by Crippen LogP contribution is 2.27. The summed E-state index contributed by atoms with van der Waals surface area (Å²) in [5.41, 5.74) is 0.838. The van der Waals surface area contributed by atoms with Crippen LogP contribution in [-0.2, 0) is 4.74 Å². The van der Waals surface area contributed by atoms with Crippen molar-refractivity contribution in [2.75, 3.05) is 13.1 Å². The Balaban J connectivity index is 2.06. The molecule has 1 aliphatic heterocycles. The molecule has 0 radical (unpaired) electrons. The second-order valence-corrected chi connectivity index (χ2v) is 4.13. The van der Waals surface area contributed by atoms with Crippen LogP contribution in [0.3, 0.4) is 0 Å². The second-order valence-electron chi connectivity index (χ2n) is 3.72. The number of nitrogens with one attached hydrogen (secondary N) is 1. The molecule has 1 aromatic rings. The Morgan fingerprint density at radius 3 is 2.80 bits per heavy atom. The van der Waals surface area contributed by atoms with Crippen molar-refractivity contribution in [1.82, 2.24) is 5.32 Å². The molecule has 0 bridgehead atoms. The lowest BCUT2D eigenvalue weighted by Crippen LogP contribution is -2.48. The number of benzene rings is 1. The lowest BCUT2D eigenvalue weighted by molar-refractivity contribution is -0.0302. The number of rotatable bonds is 3. The maximum absolute atomic E-state index is 12.8. The number of hydrogen-bond donors (Lipinski definition) is 1. The molecule has 0 aromatic heterocycles. The van der Waals surface area contributed by atoms with Gasteiger partial charge in [0.15, 0.2) is 0 Å². The normalized spacial score (nSPS) is 18.6. The Kier molecular flexibility index (Phi) is 3.24. The molecule has 15 heavy (non-hydrogen) atoms. The van der Waals surface area contributed by atoms with Crippen molar-refractivity contribution in [3.8, 4) is 0 Å². The van der Waals surface area contributed by atoms with Crippen LogP contribution >= 0.6 is 11.6 Å². The molecule has 1 saturated heterocycles. The summed E-state index contributed by atoms with van der Waals surface area (Å²) < 4.78 is 18.5. The first-order chi connectivity index (χ1) is 7.16. The van der Waals surface area contributed by atoms with E-state index in [1.54, 1.807) is 6.07 Å². The van der Waals surface area contributed by atoms with Gasteiger partial charge in [-0.25, -0.2) is 4.39 Å². The second kappa shape index (κ2) is 4.47. The summed E-state index contributed by atoms with van der Waals surface area (Å²) in [5.74, 6) is -0.318. The molecule has 0 amide bonds. The van der Waals surface area contributed by atoms with Gasteiger partial charge in [0.2, 0.25) is 0 Å². The van der Waals surface area contributed by atoms with Crippen molar-refractivity contribution < 1.29 is 9.13 Å². The molecule has 1 unspecified atom stereocenters. The summed E-state index contributed by atoms with van der Waals surface area (Å²) in [5, 5.41) is 3.55. The fraction of sp³-hybridized carbons (Fsp3) is 0.455. The van der Waals surface area contributed by atoms with Crippen molar-refractivity contribution in [1.29, 1.82) is 0 Å². The molecule has 4 heteroatoms. The minimum Gasteiger partial charge on any atom is -0.368 e. The summed E-state index contributed by atoms with van der Waals surface area (Å²) in [6.07, 6.45) is 0.159. The average molecular weight is 230 g/mol. The number of hydrogen-bond acceptors (Lipinski definition) is 2. The molecule has 1 atom stereocenters. The van der Waals surface area contributed by atoms with E-state index in [0.29, 0.717) is 5.02 Å². The van der Waals surface area contributed by atoms with Gasteiger partial charge in [-0.2, -0.15) is 0 Å². The Morgan fingerprint density at radius 1 is 1.53 bits per heavy atom. The molecule has 0 aliphatic carbocycles. The summed E-state index contributed by atoms with van der Waals surface area (Å²) >= 11 is 5.93. The Hall–Kier alpha value is -0.640. The largest absolute Gasteiger partial charge is 0.368 e. The van der Waals surface area contributed by atoms with Crippen molar-refractivity contribution in [3.63, 3.8) is 0 Å². The van der Waals surface area contributed by atoms with Crippen LogP contribution in [-0.4, -0.2) is 19.2 Å². The van der Waals surface area contributed by atoms with E-state index in [0.717, 1.165) is 18.7 Å². The van der Waals surface area contributed by atoms with Gasteiger partial charge in [0, 0.05) is 18.1 Å². The summed E-state index contributed by atoms with van der Waals surface area (Å²) in [6, 6.07) is 4.39. The summed E-state index contributed by atoms with van der Waals surface area (Å²) in [6.45, 7) is 3.68. The van der Waals surface area contributed by atoms with E-state index < -0.39 is 0 Å². The third-order valence-electron chi connectivity index (χ3n) is 2.54. The van der Waals surface area contributed by atoms with Gasteiger partial charge in [-0.15, -0.1) is 0 Å². The van der Waals surface area contributed by atoms with Crippen molar-refractivity contribution in [2.24, 2.45) is 0 Å². The minimum atomic E-state index is -0.318. The molecule has 2 nitrogen and oxygen atoms in total. The third-order valence-corrected chi connectivity index (χ3v) is 2.87. The van der Waals surface area contributed by atoms with Gasteiger partial charge >= 0.3 is 0 Å². The Bertz CT molecular complexity index is 354. The Labute approximate surface area is 93.4 Å². The minimum absolute atomic E-state index is 0.0924. The molecule has 1 heterocycles. The highest BCUT2D eigenvalue weighted by Gasteiger charge is 2.21. The molecule has 1 aliphatic rings. The first kappa shape index (κ1) is 10.9. The van der Waals surface area contributed by atoms with Crippen LogP contribution in [0, 0.1) is 5.82 Å². The van der Waals surface area contributed by atoms with E-state index in [-0.39, 0.29) is 18.0 Å². The SMILES string of the molecule is CC(OC1CNC1)c1ccc(F)cc1Cl. The molecular formula is C11H13ClFNO. The Morgan fingerprint density at radius 2 is 2.27 bits per heavy atom. The first-order valence-electron chi connectivity index (χ1n) is 4.98. The predicted molar refractivity (Wildman–Crippen MR) is 57.6 cm³/mol. The molecule has 1 aromatic carbocycles. The molecule has 0 spiro atoms. The average Bonchev–Trinajstić information content (AvgIpc) is 2.11. The van der Waals surface area contributed by atoms with E-state index in [9.17, 15) is 4.39 Å². The topological polar surface area (TPSA) is 21.3 Å². The van der Waals surface area contributed by atoms with Gasteiger partial charge in [-0.1, -0.05) is 17.7 Å². The van der Waals surface area contributed by atoms with E-state index in [1.165, 1.54) is 12.1 Å². The van der Waals surface area contributed by atoms with Gasteiger partial charge in [-0.3, -0.25) is 0 Å². The molecule has 1 N–H and O–H groups in total. The van der Waals surface area contributed by atoms with Crippen LogP contribution in [0.15, 0.2) is 18.2 Å². The van der Waals surface area contributed by atoms with Gasteiger partial charge in [0.05, 0.1) is 12.2 Å². The monoisotopic (exact) mass is 229 g/mol. The van der Waals surface area contributed by atoms with E-state index >= 15 is 0 Å². The predicted octanol–water partition coefficient (Wildman–Crippen LogP) is 2.53. The number of halogens is 2. The standard InChI is InChI=1S/C11H13ClFNO/c1-7(15-9-5-14-6-9)10-3-2-8(13)4-11(10)12/h2-4,7,9,14H,5-6H2,1H3. The zero-order valence-corrected chi connectivity index (χ0v) is 9.22. The fourth-order valence-electron chi connectivity index (χ4n) is 1.55. The van der Waals surface area contributed by atoms with Gasteiger partial charge in [-0.05, 0) is 24.6 Å². The van der Waals surface area contributed by atoms with Crippen molar-refractivity contribution >= 4 is 11.6 Å². The lowest BCUT2D eigenvalue weighted by atomic mass is 10.1. The van der Waals surface area contributed by atoms with Crippen molar-refractivity contribution in [3.05, 3.63) is 34.6 Å². The molecular weight excluding hydrogens is 217 g/mol. The number of ether oxygens (including phenoxy) is 1. The third kappa shape index (κ3) is 2.48. The van der Waals surface area contributed by atoms with Crippen LogP contribution < -0.4 is 5.32 Å². The van der Waals surface area contributed by atoms with Crippen LogP contribution in [0.2, 0.25) is 5.02 Å². The quantitative estimate of drug-likeness (QED) is 0.860. The maximum Gasteiger partial charge on any atom is 0.124 e. The molecule has 1 fully saturated rings. The van der Waals surface area contributed by atoms with E-state index in [1.807, 2.05) is 6.92 Å². The highest BCUT2D eigenvalue weighted by molar-refractivity contribution is 6.31. The van der Waals surface area contributed by atoms with E-state index in [4.69, 9.17) is 16.3 Å². The highest BCUT2D eigenvalue weighted by atomic mass is 35.5. The smallest absolute Gasteiger partial charge is 0.124 e. The zero-order chi connectivity index (χ0) is 10.8. The zero-order valence-electron chi connectivity index (χ0n) is 8.47. The molecule has 2 rings (SSSR count).